The summed E-state index contributed by atoms with van der Waals surface area (Å²) in [5.74, 6) is 1.87. The van der Waals surface area contributed by atoms with Crippen molar-refractivity contribution in [2.75, 3.05) is 32.8 Å². The number of rotatable bonds is 8. The third-order valence-corrected chi connectivity index (χ3v) is 9.52. The summed E-state index contributed by atoms with van der Waals surface area (Å²) in [6, 6.07) is 3.53. The van der Waals surface area contributed by atoms with Crippen LogP contribution in [0.15, 0.2) is 18.3 Å². The summed E-state index contributed by atoms with van der Waals surface area (Å²) in [7, 11) is 0. The van der Waals surface area contributed by atoms with Crippen LogP contribution in [0.3, 0.4) is 0 Å². The maximum atomic E-state index is 13.7. The summed E-state index contributed by atoms with van der Waals surface area (Å²) < 4.78 is 13.5. The minimum atomic E-state index is -0.0589. The number of carbonyl (C=O) groups is 2. The zero-order valence-electron chi connectivity index (χ0n) is 23.2. The molecule has 4 heterocycles. The Labute approximate surface area is 239 Å². The highest BCUT2D eigenvalue weighted by molar-refractivity contribution is 6.31. The van der Waals surface area contributed by atoms with Gasteiger partial charge in [-0.1, -0.05) is 18.5 Å². The van der Waals surface area contributed by atoms with E-state index >= 15 is 0 Å². The number of carbonyl (C=O) groups excluding carboxylic acids is 2. The Hall–Kier alpha value is -2.69. The van der Waals surface area contributed by atoms with E-state index < -0.39 is 0 Å². The Kier molecular flexibility index (Phi) is 7.76. The highest BCUT2D eigenvalue weighted by Gasteiger charge is 2.56. The van der Waals surface area contributed by atoms with E-state index in [1.54, 1.807) is 18.3 Å². The smallest absolute Gasteiger partial charge is 0.274 e. The summed E-state index contributed by atoms with van der Waals surface area (Å²) in [6.07, 6.45) is 5.44. The highest BCUT2D eigenvalue weighted by Crippen LogP contribution is 2.62. The molecule has 11 heteroatoms. The van der Waals surface area contributed by atoms with Gasteiger partial charge in [0.1, 0.15) is 17.7 Å². The molecular weight excluding hydrogens is 534 g/mol. The first-order valence-corrected chi connectivity index (χ1v) is 14.9. The van der Waals surface area contributed by atoms with Gasteiger partial charge in [0.05, 0.1) is 19.3 Å². The minimum Gasteiger partial charge on any atom is -0.473 e. The van der Waals surface area contributed by atoms with Crippen LogP contribution in [0.1, 0.15) is 67.2 Å². The van der Waals surface area contributed by atoms with Crippen LogP contribution in [0.25, 0.3) is 0 Å². The average Bonchev–Trinajstić information content (AvgIpc) is 3.25. The number of piperidine rings is 2. The molecule has 0 aromatic carbocycles. The van der Waals surface area contributed by atoms with E-state index in [1.165, 1.54) is 0 Å². The van der Waals surface area contributed by atoms with Gasteiger partial charge in [-0.15, -0.1) is 0 Å². The molecule has 2 amide bonds. The summed E-state index contributed by atoms with van der Waals surface area (Å²) >= 11 is 6.21. The number of pyridine rings is 1. The Morgan fingerprint density at radius 2 is 1.93 bits per heavy atom. The maximum absolute atomic E-state index is 13.7. The first kappa shape index (κ1) is 27.5. The second-order valence-corrected chi connectivity index (χ2v) is 12.1. The van der Waals surface area contributed by atoms with Crippen molar-refractivity contribution < 1.29 is 24.2 Å². The molecular formula is C29H38ClN5O5. The Morgan fingerprint density at radius 3 is 2.65 bits per heavy atom. The monoisotopic (exact) mass is 571 g/mol. The van der Waals surface area contributed by atoms with Crippen LogP contribution in [0, 0.1) is 11.8 Å². The molecule has 2 saturated heterocycles. The van der Waals surface area contributed by atoms with Gasteiger partial charge in [0.2, 0.25) is 11.8 Å². The fraction of sp³-hybridized carbons (Fsp3) is 0.655. The molecule has 0 spiro atoms. The van der Waals surface area contributed by atoms with Gasteiger partial charge in [-0.3, -0.25) is 14.3 Å². The number of aliphatic hydroxyl groups excluding tert-OH is 1. The van der Waals surface area contributed by atoms with Crippen molar-refractivity contribution in [1.82, 2.24) is 24.6 Å². The number of aliphatic hydroxyl groups is 1. The normalized spacial score (nSPS) is 27.9. The van der Waals surface area contributed by atoms with Crippen molar-refractivity contribution in [2.45, 2.75) is 76.7 Å². The van der Waals surface area contributed by atoms with Crippen molar-refractivity contribution in [3.05, 3.63) is 40.3 Å². The van der Waals surface area contributed by atoms with Crippen LogP contribution < -0.4 is 4.74 Å². The van der Waals surface area contributed by atoms with E-state index in [2.05, 4.69) is 11.9 Å². The summed E-state index contributed by atoms with van der Waals surface area (Å²) in [5, 5.41) is 14.3. The van der Waals surface area contributed by atoms with Crippen molar-refractivity contribution in [3.63, 3.8) is 0 Å². The number of hydrogen-bond acceptors (Lipinski definition) is 7. The number of amides is 2. The van der Waals surface area contributed by atoms with E-state index in [4.69, 9.17) is 31.3 Å². The summed E-state index contributed by atoms with van der Waals surface area (Å²) in [6.45, 7) is 6.56. The van der Waals surface area contributed by atoms with E-state index in [0.717, 1.165) is 30.5 Å². The van der Waals surface area contributed by atoms with Gasteiger partial charge in [0.25, 0.3) is 5.91 Å². The largest absolute Gasteiger partial charge is 0.473 e. The molecule has 216 valence electrons. The standard InChI is InChI=1S/C29H38ClN5O5/c1-17-14-20(40-28-22(30)4-3-8-31-28)7-11-34(17)24(37)16-35-23-15-21-18(2)25(21)26(23)27(32-35)29(38)33-9-5-19(6-10-33)39-13-12-36/h3-4,8,17-21,25,36H,5-7,9-16H2,1-2H3/t17-,18+,20-,21?,25?/m0/s1. The number of hydrogen-bond donors (Lipinski definition) is 1. The van der Waals surface area contributed by atoms with Gasteiger partial charge in [-0.25, -0.2) is 4.98 Å². The maximum Gasteiger partial charge on any atom is 0.274 e. The van der Waals surface area contributed by atoms with Gasteiger partial charge in [0.15, 0.2) is 5.69 Å². The molecule has 5 atom stereocenters. The van der Waals surface area contributed by atoms with Gasteiger partial charge in [0, 0.05) is 56.0 Å². The first-order valence-electron chi connectivity index (χ1n) is 14.5. The van der Waals surface area contributed by atoms with Crippen LogP contribution in [0.4, 0.5) is 0 Å². The lowest BCUT2D eigenvalue weighted by molar-refractivity contribution is -0.136. The zero-order valence-corrected chi connectivity index (χ0v) is 23.9. The van der Waals surface area contributed by atoms with Crippen molar-refractivity contribution in [2.24, 2.45) is 11.8 Å². The quantitative estimate of drug-likeness (QED) is 0.519. The SMILES string of the molecule is C[C@@H]1C2Cc3c(c(C(=O)N4CCC(OCCO)CC4)nn3CC(=O)N3CC[C@H](Oc4ncccc4Cl)C[C@@H]3C)C21. The molecule has 2 aliphatic heterocycles. The Balaban J connectivity index is 1.12. The molecule has 4 aliphatic rings. The minimum absolute atomic E-state index is 0.00113. The fourth-order valence-electron chi connectivity index (χ4n) is 6.96. The van der Waals surface area contributed by atoms with Gasteiger partial charge in [-0.2, -0.15) is 5.10 Å². The number of fused-ring (bicyclic) bond motifs is 3. The van der Waals surface area contributed by atoms with E-state index in [-0.39, 0.29) is 43.2 Å². The molecule has 0 radical (unpaired) electrons. The first-order chi connectivity index (χ1) is 19.4. The van der Waals surface area contributed by atoms with Crippen molar-refractivity contribution >= 4 is 23.4 Å². The fourth-order valence-corrected chi connectivity index (χ4v) is 7.13. The predicted octanol–water partition coefficient (Wildman–Crippen LogP) is 2.91. The molecule has 2 aromatic heterocycles. The molecule has 3 fully saturated rings. The van der Waals surface area contributed by atoms with Crippen molar-refractivity contribution in [3.8, 4) is 5.88 Å². The predicted molar refractivity (Wildman–Crippen MR) is 147 cm³/mol. The molecule has 1 saturated carbocycles. The molecule has 2 unspecified atom stereocenters. The average molecular weight is 572 g/mol. The highest BCUT2D eigenvalue weighted by atomic mass is 35.5. The van der Waals surface area contributed by atoms with Crippen LogP contribution in [-0.2, 0) is 22.5 Å². The van der Waals surface area contributed by atoms with E-state index in [1.807, 2.05) is 21.4 Å². The molecule has 2 aromatic rings. The van der Waals surface area contributed by atoms with E-state index in [9.17, 15) is 9.59 Å². The Bertz CT molecular complexity index is 1260. The second-order valence-electron chi connectivity index (χ2n) is 11.7. The lowest BCUT2D eigenvalue weighted by Gasteiger charge is -2.37. The molecule has 0 bridgehead atoms. The third kappa shape index (κ3) is 5.21. The molecule has 6 rings (SSSR count). The number of nitrogens with zero attached hydrogens (tertiary/aromatic N) is 5. The van der Waals surface area contributed by atoms with Gasteiger partial charge in [-0.05, 0) is 56.1 Å². The topological polar surface area (TPSA) is 110 Å². The number of aromatic nitrogens is 3. The lowest BCUT2D eigenvalue weighted by atomic mass is 10.0. The third-order valence-electron chi connectivity index (χ3n) is 9.24. The molecule has 1 N–H and O–H groups in total. The van der Waals surface area contributed by atoms with Crippen LogP contribution in [-0.4, -0.2) is 92.6 Å². The molecule has 40 heavy (non-hydrogen) atoms. The van der Waals surface area contributed by atoms with E-state index in [0.29, 0.717) is 73.4 Å². The lowest BCUT2D eigenvalue weighted by Crippen LogP contribution is -2.48. The van der Waals surface area contributed by atoms with Crippen molar-refractivity contribution in [1.29, 1.82) is 0 Å². The van der Waals surface area contributed by atoms with Gasteiger partial charge < -0.3 is 24.4 Å². The summed E-state index contributed by atoms with van der Waals surface area (Å²) in [5.41, 5.74) is 2.66. The second kappa shape index (κ2) is 11.3. The van der Waals surface area contributed by atoms with Crippen LogP contribution in [0.5, 0.6) is 5.88 Å². The Morgan fingerprint density at radius 1 is 1.15 bits per heavy atom. The molecule has 2 aliphatic carbocycles. The number of likely N-dealkylation sites (tertiary alicyclic amines) is 2. The molecule has 10 nitrogen and oxygen atoms in total. The number of halogens is 1. The van der Waals surface area contributed by atoms with Crippen LogP contribution >= 0.6 is 11.6 Å². The van der Waals surface area contributed by atoms with Crippen LogP contribution in [0.2, 0.25) is 5.02 Å². The number of ether oxygens (including phenoxy) is 2. The zero-order chi connectivity index (χ0) is 28.0. The summed E-state index contributed by atoms with van der Waals surface area (Å²) in [4.78, 5) is 35.2. The van der Waals surface area contributed by atoms with Gasteiger partial charge >= 0.3 is 0 Å².